The van der Waals surface area contributed by atoms with Gasteiger partial charge in [-0.25, -0.2) is 4.98 Å². The number of thiazole rings is 1. The second kappa shape index (κ2) is 6.53. The molecule has 1 aromatic rings. The first-order chi connectivity index (χ1) is 8.72. The summed E-state index contributed by atoms with van der Waals surface area (Å²) in [6, 6.07) is 0. The molecule has 0 aromatic carbocycles. The summed E-state index contributed by atoms with van der Waals surface area (Å²) >= 11 is 7.38. The van der Waals surface area contributed by atoms with Crippen LogP contribution < -0.4 is 0 Å². The van der Waals surface area contributed by atoms with Gasteiger partial charge in [0.2, 0.25) is 5.91 Å². The van der Waals surface area contributed by atoms with Gasteiger partial charge < -0.3 is 4.90 Å². The molecule has 0 bridgehead atoms. The van der Waals surface area contributed by atoms with Gasteiger partial charge in [-0.2, -0.15) is 0 Å². The van der Waals surface area contributed by atoms with Crippen molar-refractivity contribution in [2.75, 3.05) is 13.1 Å². The fourth-order valence-corrected chi connectivity index (χ4v) is 3.36. The van der Waals surface area contributed by atoms with E-state index in [2.05, 4.69) is 11.9 Å². The molecule has 1 aliphatic rings. The Labute approximate surface area is 117 Å². The fraction of sp³-hybridized carbons (Fsp3) is 0.692. The molecule has 100 valence electrons. The van der Waals surface area contributed by atoms with Crippen molar-refractivity contribution in [1.29, 1.82) is 0 Å². The van der Waals surface area contributed by atoms with E-state index in [1.807, 2.05) is 10.3 Å². The minimum Gasteiger partial charge on any atom is -0.342 e. The summed E-state index contributed by atoms with van der Waals surface area (Å²) in [6.45, 7) is 3.97. The smallest absolute Gasteiger partial charge is 0.222 e. The molecule has 1 aromatic heterocycles. The zero-order valence-electron chi connectivity index (χ0n) is 10.7. The summed E-state index contributed by atoms with van der Waals surface area (Å²) in [7, 11) is 0. The highest BCUT2D eigenvalue weighted by molar-refractivity contribution is 7.09. The molecular weight excluding hydrogens is 268 g/mol. The number of rotatable bonds is 6. The highest BCUT2D eigenvalue weighted by atomic mass is 35.5. The maximum atomic E-state index is 11.7. The molecule has 0 saturated carbocycles. The largest absolute Gasteiger partial charge is 0.342 e. The third kappa shape index (κ3) is 3.45. The quantitative estimate of drug-likeness (QED) is 0.753. The van der Waals surface area contributed by atoms with Crippen molar-refractivity contribution in [3.05, 3.63) is 16.1 Å². The molecule has 1 fully saturated rings. The first kappa shape index (κ1) is 13.8. The number of hydrogen-bond donors (Lipinski definition) is 0. The molecule has 1 amide bonds. The Morgan fingerprint density at radius 2 is 2.44 bits per heavy atom. The van der Waals surface area contributed by atoms with Gasteiger partial charge in [-0.15, -0.1) is 22.9 Å². The zero-order valence-corrected chi connectivity index (χ0v) is 12.3. The lowest BCUT2D eigenvalue weighted by Crippen LogP contribution is -2.26. The maximum Gasteiger partial charge on any atom is 0.222 e. The van der Waals surface area contributed by atoms with Gasteiger partial charge in [-0.3, -0.25) is 4.79 Å². The molecular formula is C13H19ClN2OS. The average Bonchev–Trinajstić information content (AvgIpc) is 2.97. The number of nitrogens with zero attached hydrogens (tertiary/aromatic N) is 2. The molecule has 3 nitrogen and oxygen atoms in total. The second-order valence-corrected chi connectivity index (χ2v) is 6.00. The van der Waals surface area contributed by atoms with Crippen LogP contribution in [0.15, 0.2) is 5.38 Å². The van der Waals surface area contributed by atoms with Crippen LogP contribution in [0.2, 0.25) is 0 Å². The summed E-state index contributed by atoms with van der Waals surface area (Å²) in [5.41, 5.74) is 0.958. The van der Waals surface area contributed by atoms with Crippen molar-refractivity contribution < 1.29 is 4.79 Å². The molecule has 0 aliphatic carbocycles. The van der Waals surface area contributed by atoms with E-state index in [1.54, 1.807) is 11.3 Å². The normalized spacial score (nSPS) is 19.8. The van der Waals surface area contributed by atoms with Crippen LogP contribution in [0.4, 0.5) is 0 Å². The lowest BCUT2D eigenvalue weighted by molar-refractivity contribution is -0.127. The number of alkyl halides is 1. The molecule has 2 heterocycles. The number of aryl methyl sites for hydroxylation is 1. The van der Waals surface area contributed by atoms with Crippen LogP contribution in [0.25, 0.3) is 0 Å². The highest BCUT2D eigenvalue weighted by Gasteiger charge is 2.27. The Morgan fingerprint density at radius 3 is 3.06 bits per heavy atom. The van der Waals surface area contributed by atoms with E-state index in [-0.39, 0.29) is 0 Å². The van der Waals surface area contributed by atoms with E-state index in [0.717, 1.165) is 49.5 Å². The first-order valence-corrected chi connectivity index (χ1v) is 7.91. The third-order valence-corrected chi connectivity index (χ3v) is 4.66. The molecule has 5 heteroatoms. The van der Waals surface area contributed by atoms with Crippen molar-refractivity contribution in [3.63, 3.8) is 0 Å². The van der Waals surface area contributed by atoms with E-state index in [4.69, 9.17) is 11.6 Å². The van der Waals surface area contributed by atoms with Crippen molar-refractivity contribution in [1.82, 2.24) is 9.88 Å². The Morgan fingerprint density at radius 1 is 1.61 bits per heavy atom. The highest BCUT2D eigenvalue weighted by Crippen LogP contribution is 2.21. The van der Waals surface area contributed by atoms with Crippen LogP contribution >= 0.6 is 22.9 Å². The number of halogens is 1. The lowest BCUT2D eigenvalue weighted by atomic mass is 10.1. The van der Waals surface area contributed by atoms with Gasteiger partial charge >= 0.3 is 0 Å². The van der Waals surface area contributed by atoms with Gasteiger partial charge in [0.25, 0.3) is 0 Å². The predicted octanol–water partition coefficient (Wildman–Crippen LogP) is 3.07. The van der Waals surface area contributed by atoms with E-state index < -0.39 is 0 Å². The monoisotopic (exact) mass is 286 g/mol. The van der Waals surface area contributed by atoms with Crippen LogP contribution in [0.1, 0.15) is 36.9 Å². The minimum atomic E-state index is 0.322. The number of aromatic nitrogens is 1. The van der Waals surface area contributed by atoms with Gasteiger partial charge in [0.1, 0.15) is 0 Å². The average molecular weight is 287 g/mol. The van der Waals surface area contributed by atoms with Crippen LogP contribution in [-0.2, 0) is 17.1 Å². The third-order valence-electron chi connectivity index (χ3n) is 3.43. The molecule has 2 rings (SSSR count). The molecule has 1 atom stereocenters. The van der Waals surface area contributed by atoms with Crippen LogP contribution in [0, 0.1) is 5.92 Å². The number of likely N-dealkylation sites (tertiary alicyclic amines) is 1. The molecule has 0 spiro atoms. The predicted molar refractivity (Wildman–Crippen MR) is 75.0 cm³/mol. The van der Waals surface area contributed by atoms with E-state index >= 15 is 0 Å². The van der Waals surface area contributed by atoms with E-state index in [0.29, 0.717) is 17.7 Å². The zero-order chi connectivity index (χ0) is 13.0. The summed E-state index contributed by atoms with van der Waals surface area (Å²) in [5.74, 6) is 1.38. The maximum absolute atomic E-state index is 11.7. The topological polar surface area (TPSA) is 33.2 Å². The number of carbonyl (C=O) groups is 1. The van der Waals surface area contributed by atoms with Crippen LogP contribution in [-0.4, -0.2) is 28.9 Å². The summed E-state index contributed by atoms with van der Waals surface area (Å²) in [4.78, 5) is 18.2. The number of carbonyl (C=O) groups excluding carboxylic acids is 1. The van der Waals surface area contributed by atoms with Crippen molar-refractivity contribution in [2.24, 2.45) is 5.92 Å². The van der Waals surface area contributed by atoms with Gasteiger partial charge in [-0.1, -0.05) is 13.3 Å². The summed E-state index contributed by atoms with van der Waals surface area (Å²) < 4.78 is 0. The Bertz CT molecular complexity index is 407. The number of amides is 1. The minimum absolute atomic E-state index is 0.322. The van der Waals surface area contributed by atoms with Crippen LogP contribution in [0.3, 0.4) is 0 Å². The fourth-order valence-electron chi connectivity index (χ4n) is 2.29. The van der Waals surface area contributed by atoms with Crippen molar-refractivity contribution in [3.8, 4) is 0 Å². The SMILES string of the molecule is CCC1CC(=O)N(CCCc2nc(CCl)cs2)C1. The molecule has 1 aliphatic heterocycles. The van der Waals surface area contributed by atoms with Gasteiger partial charge in [0, 0.05) is 31.3 Å². The molecule has 0 N–H and O–H groups in total. The lowest BCUT2D eigenvalue weighted by Gasteiger charge is -2.15. The van der Waals surface area contributed by atoms with Crippen molar-refractivity contribution >= 4 is 28.8 Å². The Kier molecular flexibility index (Phi) is 5.01. The van der Waals surface area contributed by atoms with Gasteiger partial charge in [0.05, 0.1) is 16.6 Å². The second-order valence-electron chi connectivity index (χ2n) is 4.79. The van der Waals surface area contributed by atoms with Crippen LogP contribution in [0.5, 0.6) is 0 Å². The Hall–Kier alpha value is -0.610. The van der Waals surface area contributed by atoms with E-state index in [9.17, 15) is 4.79 Å². The van der Waals surface area contributed by atoms with Crippen molar-refractivity contribution in [2.45, 2.75) is 38.5 Å². The van der Waals surface area contributed by atoms with Gasteiger partial charge in [-0.05, 0) is 12.3 Å². The Balaban J connectivity index is 1.73. The standard InChI is InChI=1S/C13H19ClN2OS/c1-2-10-6-13(17)16(8-10)5-3-4-12-15-11(7-14)9-18-12/h9-10H,2-8H2,1H3. The summed E-state index contributed by atoms with van der Waals surface area (Å²) in [6.07, 6.45) is 3.79. The van der Waals surface area contributed by atoms with Gasteiger partial charge in [0.15, 0.2) is 0 Å². The number of hydrogen-bond acceptors (Lipinski definition) is 3. The molecule has 1 unspecified atom stereocenters. The molecule has 1 saturated heterocycles. The first-order valence-electron chi connectivity index (χ1n) is 6.50. The summed E-state index contributed by atoms with van der Waals surface area (Å²) in [5, 5.41) is 3.14. The molecule has 0 radical (unpaired) electrons. The molecule has 18 heavy (non-hydrogen) atoms. The van der Waals surface area contributed by atoms with E-state index in [1.165, 1.54) is 0 Å².